The second kappa shape index (κ2) is 4.79. The fourth-order valence-electron chi connectivity index (χ4n) is 0.677. The van der Waals surface area contributed by atoms with E-state index in [-0.39, 0.29) is 0 Å². The normalized spacial score (nSPS) is 13.1. The van der Waals surface area contributed by atoms with Gasteiger partial charge in [0.2, 0.25) is 5.90 Å². The van der Waals surface area contributed by atoms with E-state index in [0.717, 1.165) is 5.57 Å². The zero-order valence-corrected chi connectivity index (χ0v) is 6.72. The van der Waals surface area contributed by atoms with Gasteiger partial charge in [-0.2, -0.15) is 0 Å². The predicted octanol–water partition coefficient (Wildman–Crippen LogP) is 1.79. The molecule has 0 amide bonds. The minimum absolute atomic E-state index is 0.653. The van der Waals surface area contributed by atoms with Crippen LogP contribution in [-0.4, -0.2) is 20.1 Å². The summed E-state index contributed by atoms with van der Waals surface area (Å²) < 4.78 is 4.95. The molecular weight excluding hydrogens is 126 g/mol. The van der Waals surface area contributed by atoms with Crippen LogP contribution in [-0.2, 0) is 4.74 Å². The SMILES string of the molecule is C=C/C=C(/C)C(=NC)OC. The summed E-state index contributed by atoms with van der Waals surface area (Å²) in [6.45, 7) is 5.49. The molecule has 0 radical (unpaired) electrons. The zero-order valence-electron chi connectivity index (χ0n) is 6.72. The van der Waals surface area contributed by atoms with E-state index in [0.29, 0.717) is 5.90 Å². The van der Waals surface area contributed by atoms with Crippen molar-refractivity contribution in [2.24, 2.45) is 4.99 Å². The van der Waals surface area contributed by atoms with Gasteiger partial charge in [-0.3, -0.25) is 4.99 Å². The van der Waals surface area contributed by atoms with Gasteiger partial charge >= 0.3 is 0 Å². The van der Waals surface area contributed by atoms with Crippen LogP contribution in [0.15, 0.2) is 29.3 Å². The fourth-order valence-corrected chi connectivity index (χ4v) is 0.677. The molecule has 0 atom stereocenters. The van der Waals surface area contributed by atoms with Gasteiger partial charge in [0.25, 0.3) is 0 Å². The molecule has 0 bridgehead atoms. The third-order valence-electron chi connectivity index (χ3n) is 1.10. The topological polar surface area (TPSA) is 21.6 Å². The number of ether oxygens (including phenoxy) is 1. The maximum atomic E-state index is 4.95. The minimum atomic E-state index is 0.653. The lowest BCUT2D eigenvalue weighted by Crippen LogP contribution is -2.01. The van der Waals surface area contributed by atoms with Crippen molar-refractivity contribution in [3.05, 3.63) is 24.3 Å². The molecule has 0 aromatic rings. The van der Waals surface area contributed by atoms with Crippen molar-refractivity contribution in [1.82, 2.24) is 0 Å². The predicted molar refractivity (Wildman–Crippen MR) is 44.3 cm³/mol. The lowest BCUT2D eigenvalue weighted by atomic mass is 10.3. The molecule has 0 heterocycles. The second-order valence-electron chi connectivity index (χ2n) is 1.82. The molecule has 0 spiro atoms. The molecule has 0 aromatic carbocycles. The largest absolute Gasteiger partial charge is 0.481 e. The van der Waals surface area contributed by atoms with Crippen molar-refractivity contribution in [2.45, 2.75) is 6.92 Å². The third-order valence-corrected chi connectivity index (χ3v) is 1.10. The summed E-state index contributed by atoms with van der Waals surface area (Å²) in [5, 5.41) is 0. The van der Waals surface area contributed by atoms with E-state index in [2.05, 4.69) is 11.6 Å². The molecule has 0 rings (SSSR count). The van der Waals surface area contributed by atoms with Crippen LogP contribution >= 0.6 is 0 Å². The molecule has 0 aromatic heterocycles. The van der Waals surface area contributed by atoms with Gasteiger partial charge in [0.05, 0.1) is 7.11 Å². The molecule has 0 aliphatic heterocycles. The van der Waals surface area contributed by atoms with Gasteiger partial charge in [-0.1, -0.05) is 18.7 Å². The molecule has 0 aliphatic carbocycles. The van der Waals surface area contributed by atoms with Gasteiger partial charge < -0.3 is 4.74 Å². The Morgan fingerprint density at radius 2 is 2.20 bits per heavy atom. The average Bonchev–Trinajstić information content (AvgIpc) is 1.91. The molecule has 0 saturated heterocycles. The molecule has 0 aliphatic rings. The lowest BCUT2D eigenvalue weighted by Gasteiger charge is -2.01. The van der Waals surface area contributed by atoms with Crippen LogP contribution in [0.4, 0.5) is 0 Å². The third kappa shape index (κ3) is 2.49. The molecule has 0 N–H and O–H groups in total. The van der Waals surface area contributed by atoms with Crippen LogP contribution in [0.3, 0.4) is 0 Å². The molecule has 0 fully saturated rings. The quantitative estimate of drug-likeness (QED) is 0.325. The summed E-state index contributed by atoms with van der Waals surface area (Å²) in [6, 6.07) is 0. The molecular formula is C8H13NO. The average molecular weight is 139 g/mol. The van der Waals surface area contributed by atoms with Gasteiger partial charge in [0.15, 0.2) is 0 Å². The number of hydrogen-bond donors (Lipinski definition) is 0. The van der Waals surface area contributed by atoms with Crippen molar-refractivity contribution in [2.75, 3.05) is 14.2 Å². The summed E-state index contributed by atoms with van der Waals surface area (Å²) in [5.74, 6) is 0.653. The summed E-state index contributed by atoms with van der Waals surface area (Å²) in [4.78, 5) is 3.90. The number of nitrogens with zero attached hydrogens (tertiary/aromatic N) is 1. The van der Waals surface area contributed by atoms with Crippen LogP contribution < -0.4 is 0 Å². The Kier molecular flexibility index (Phi) is 4.29. The van der Waals surface area contributed by atoms with Crippen molar-refractivity contribution in [3.8, 4) is 0 Å². The van der Waals surface area contributed by atoms with E-state index in [1.165, 1.54) is 0 Å². The van der Waals surface area contributed by atoms with E-state index in [9.17, 15) is 0 Å². The number of hydrogen-bond acceptors (Lipinski definition) is 2. The minimum Gasteiger partial charge on any atom is -0.481 e. The molecule has 0 unspecified atom stereocenters. The first kappa shape index (κ1) is 8.95. The zero-order chi connectivity index (χ0) is 7.98. The first-order valence-electron chi connectivity index (χ1n) is 3.06. The van der Waals surface area contributed by atoms with E-state index in [4.69, 9.17) is 4.74 Å². The highest BCUT2D eigenvalue weighted by Crippen LogP contribution is 1.96. The van der Waals surface area contributed by atoms with E-state index >= 15 is 0 Å². The molecule has 56 valence electrons. The van der Waals surface area contributed by atoms with Gasteiger partial charge in [-0.25, -0.2) is 0 Å². The number of aliphatic imine (C=N–C) groups is 1. The first-order chi connectivity index (χ1) is 4.76. The summed E-state index contributed by atoms with van der Waals surface area (Å²) >= 11 is 0. The molecule has 0 saturated carbocycles. The standard InChI is InChI=1S/C8H13NO/c1-5-6-7(2)8(9-3)10-4/h5-6H,1H2,2-4H3/b7-6-,9-8?. The molecule has 10 heavy (non-hydrogen) atoms. The van der Waals surface area contributed by atoms with Crippen molar-refractivity contribution >= 4 is 5.90 Å². The monoisotopic (exact) mass is 139 g/mol. The Labute approximate surface area is 61.9 Å². The number of methoxy groups -OCH3 is 1. The molecule has 2 heteroatoms. The number of rotatable bonds is 2. The van der Waals surface area contributed by atoms with Crippen molar-refractivity contribution in [3.63, 3.8) is 0 Å². The highest BCUT2D eigenvalue weighted by Gasteiger charge is 1.96. The van der Waals surface area contributed by atoms with Crippen molar-refractivity contribution in [1.29, 1.82) is 0 Å². The Balaban J connectivity index is 4.30. The van der Waals surface area contributed by atoms with E-state index in [1.807, 2.05) is 13.0 Å². The smallest absolute Gasteiger partial charge is 0.211 e. The highest BCUT2D eigenvalue weighted by atomic mass is 16.5. The lowest BCUT2D eigenvalue weighted by molar-refractivity contribution is 0.403. The second-order valence-corrected chi connectivity index (χ2v) is 1.82. The molecule has 2 nitrogen and oxygen atoms in total. The summed E-state index contributed by atoms with van der Waals surface area (Å²) in [5.41, 5.74) is 0.986. The Bertz CT molecular complexity index is 168. The number of allylic oxidation sites excluding steroid dienone is 2. The van der Waals surface area contributed by atoms with Crippen molar-refractivity contribution < 1.29 is 4.74 Å². The van der Waals surface area contributed by atoms with Crippen LogP contribution in [0.5, 0.6) is 0 Å². The maximum Gasteiger partial charge on any atom is 0.211 e. The van der Waals surface area contributed by atoms with Gasteiger partial charge in [-0.05, 0) is 6.92 Å². The van der Waals surface area contributed by atoms with Gasteiger partial charge in [0, 0.05) is 12.6 Å². The Morgan fingerprint density at radius 3 is 2.50 bits per heavy atom. The van der Waals surface area contributed by atoms with Gasteiger partial charge in [0.1, 0.15) is 0 Å². The first-order valence-corrected chi connectivity index (χ1v) is 3.06. The van der Waals surface area contributed by atoms with Crippen LogP contribution in [0.25, 0.3) is 0 Å². The summed E-state index contributed by atoms with van der Waals surface area (Å²) in [7, 11) is 3.29. The van der Waals surface area contributed by atoms with Crippen LogP contribution in [0.1, 0.15) is 6.92 Å². The fraction of sp³-hybridized carbons (Fsp3) is 0.375. The van der Waals surface area contributed by atoms with E-state index in [1.54, 1.807) is 20.2 Å². The van der Waals surface area contributed by atoms with Crippen LogP contribution in [0, 0.1) is 0 Å². The maximum absolute atomic E-state index is 4.95. The van der Waals surface area contributed by atoms with Gasteiger partial charge in [-0.15, -0.1) is 0 Å². The van der Waals surface area contributed by atoms with E-state index < -0.39 is 0 Å². The van der Waals surface area contributed by atoms with Crippen LogP contribution in [0.2, 0.25) is 0 Å². The summed E-state index contributed by atoms with van der Waals surface area (Å²) in [6.07, 6.45) is 3.56. The highest BCUT2D eigenvalue weighted by molar-refractivity contribution is 5.92. The Hall–Kier alpha value is -1.05. The Morgan fingerprint density at radius 1 is 1.60 bits per heavy atom.